The summed E-state index contributed by atoms with van der Waals surface area (Å²) in [4.78, 5) is 12.3. The van der Waals surface area contributed by atoms with Crippen LogP contribution in [0.1, 0.15) is 52.0 Å². The second-order valence-electron chi connectivity index (χ2n) is 7.39. The van der Waals surface area contributed by atoms with Crippen LogP contribution in [0.5, 0.6) is 0 Å². The standard InChI is InChI=1S/C19H28O3/c1-18(2,3)22-17(20)15-10-12-19(13-11-15,14-21-4)16-8-6-5-7-9-16/h5-9,15H,10-14H2,1-4H3. The van der Waals surface area contributed by atoms with Gasteiger partial charge in [-0.25, -0.2) is 0 Å². The molecule has 3 nitrogen and oxygen atoms in total. The summed E-state index contributed by atoms with van der Waals surface area (Å²) in [5.41, 5.74) is 0.950. The number of esters is 1. The summed E-state index contributed by atoms with van der Waals surface area (Å²) in [7, 11) is 1.75. The zero-order valence-corrected chi connectivity index (χ0v) is 14.2. The van der Waals surface area contributed by atoms with Gasteiger partial charge < -0.3 is 9.47 Å². The van der Waals surface area contributed by atoms with Gasteiger partial charge in [-0.3, -0.25) is 4.79 Å². The van der Waals surface area contributed by atoms with Crippen LogP contribution in [0.25, 0.3) is 0 Å². The average molecular weight is 304 g/mol. The van der Waals surface area contributed by atoms with Gasteiger partial charge in [0, 0.05) is 12.5 Å². The lowest BCUT2D eigenvalue weighted by molar-refractivity contribution is -0.161. The fraction of sp³-hybridized carbons (Fsp3) is 0.632. The van der Waals surface area contributed by atoms with E-state index < -0.39 is 5.60 Å². The number of carbonyl (C=O) groups excluding carboxylic acids is 1. The number of hydrogen-bond acceptors (Lipinski definition) is 3. The molecule has 0 aliphatic heterocycles. The van der Waals surface area contributed by atoms with Crippen molar-refractivity contribution in [1.29, 1.82) is 0 Å². The van der Waals surface area contributed by atoms with Gasteiger partial charge in [0.2, 0.25) is 0 Å². The Morgan fingerprint density at radius 2 is 1.77 bits per heavy atom. The van der Waals surface area contributed by atoms with Crippen molar-refractivity contribution < 1.29 is 14.3 Å². The first kappa shape index (κ1) is 17.0. The third-order valence-electron chi connectivity index (χ3n) is 4.49. The van der Waals surface area contributed by atoms with Gasteiger partial charge in [0.05, 0.1) is 12.5 Å². The van der Waals surface area contributed by atoms with E-state index in [4.69, 9.17) is 9.47 Å². The van der Waals surface area contributed by atoms with E-state index in [2.05, 4.69) is 24.3 Å². The van der Waals surface area contributed by atoms with E-state index in [1.807, 2.05) is 26.8 Å². The van der Waals surface area contributed by atoms with Gasteiger partial charge in [-0.15, -0.1) is 0 Å². The van der Waals surface area contributed by atoms with E-state index >= 15 is 0 Å². The third kappa shape index (κ3) is 4.10. The minimum absolute atomic E-state index is 0.0212. The molecule has 1 aliphatic carbocycles. The van der Waals surface area contributed by atoms with Crippen LogP contribution < -0.4 is 0 Å². The van der Waals surface area contributed by atoms with Crippen LogP contribution in [-0.2, 0) is 19.7 Å². The van der Waals surface area contributed by atoms with E-state index in [1.54, 1.807) is 7.11 Å². The monoisotopic (exact) mass is 304 g/mol. The van der Waals surface area contributed by atoms with Gasteiger partial charge in [0.25, 0.3) is 0 Å². The van der Waals surface area contributed by atoms with Crippen LogP contribution in [0.15, 0.2) is 30.3 Å². The van der Waals surface area contributed by atoms with Crippen LogP contribution in [0.2, 0.25) is 0 Å². The van der Waals surface area contributed by atoms with Crippen molar-refractivity contribution in [2.24, 2.45) is 5.92 Å². The number of hydrogen-bond donors (Lipinski definition) is 0. The molecular weight excluding hydrogens is 276 g/mol. The number of carbonyl (C=O) groups is 1. The lowest BCUT2D eigenvalue weighted by atomic mass is 9.67. The van der Waals surface area contributed by atoms with E-state index in [1.165, 1.54) is 5.56 Å². The number of ether oxygens (including phenoxy) is 2. The highest BCUT2D eigenvalue weighted by Crippen LogP contribution is 2.42. The zero-order chi connectivity index (χ0) is 16.2. The van der Waals surface area contributed by atoms with Crippen LogP contribution in [-0.4, -0.2) is 25.3 Å². The molecule has 3 heteroatoms. The van der Waals surface area contributed by atoms with Gasteiger partial charge in [-0.1, -0.05) is 30.3 Å². The number of benzene rings is 1. The van der Waals surface area contributed by atoms with Crippen molar-refractivity contribution in [1.82, 2.24) is 0 Å². The van der Waals surface area contributed by atoms with E-state index in [0.717, 1.165) is 25.7 Å². The Labute approximate surface area is 134 Å². The summed E-state index contributed by atoms with van der Waals surface area (Å²) in [6.07, 6.45) is 3.67. The zero-order valence-electron chi connectivity index (χ0n) is 14.2. The van der Waals surface area contributed by atoms with Gasteiger partial charge in [-0.05, 0) is 52.0 Å². The smallest absolute Gasteiger partial charge is 0.309 e. The van der Waals surface area contributed by atoms with Crippen molar-refractivity contribution in [3.63, 3.8) is 0 Å². The molecule has 0 spiro atoms. The first-order valence-electron chi connectivity index (χ1n) is 8.14. The molecule has 1 aliphatic rings. The van der Waals surface area contributed by atoms with Gasteiger partial charge >= 0.3 is 5.97 Å². The maximum Gasteiger partial charge on any atom is 0.309 e. The summed E-state index contributed by atoms with van der Waals surface area (Å²) in [5.74, 6) is -0.0282. The lowest BCUT2D eigenvalue weighted by Gasteiger charge is -2.40. The van der Waals surface area contributed by atoms with Gasteiger partial charge in [0.1, 0.15) is 5.60 Å². The summed E-state index contributed by atoms with van der Waals surface area (Å²) in [5, 5.41) is 0. The Morgan fingerprint density at radius 1 is 1.18 bits per heavy atom. The predicted molar refractivity (Wildman–Crippen MR) is 87.8 cm³/mol. The molecule has 1 aromatic carbocycles. The predicted octanol–water partition coefficient (Wildman–Crippen LogP) is 4.10. The quantitative estimate of drug-likeness (QED) is 0.786. The van der Waals surface area contributed by atoms with Crippen LogP contribution in [0, 0.1) is 5.92 Å². The Kier molecular flexibility index (Phi) is 5.28. The van der Waals surface area contributed by atoms with E-state index in [0.29, 0.717) is 6.61 Å². The lowest BCUT2D eigenvalue weighted by Crippen LogP contribution is -2.39. The highest BCUT2D eigenvalue weighted by Gasteiger charge is 2.39. The van der Waals surface area contributed by atoms with Crippen molar-refractivity contribution in [2.75, 3.05) is 13.7 Å². The molecule has 0 heterocycles. The first-order valence-corrected chi connectivity index (χ1v) is 8.14. The molecule has 0 bridgehead atoms. The van der Waals surface area contributed by atoms with Gasteiger partial charge in [0.15, 0.2) is 0 Å². The minimum Gasteiger partial charge on any atom is -0.460 e. The molecule has 1 aromatic rings. The Balaban J connectivity index is 2.06. The highest BCUT2D eigenvalue weighted by molar-refractivity contribution is 5.73. The normalized spacial score (nSPS) is 25.7. The second-order valence-corrected chi connectivity index (χ2v) is 7.39. The summed E-state index contributed by atoms with van der Waals surface area (Å²) < 4.78 is 11.0. The molecule has 0 aromatic heterocycles. The molecule has 0 unspecified atom stereocenters. The molecule has 0 N–H and O–H groups in total. The largest absolute Gasteiger partial charge is 0.460 e. The molecule has 0 amide bonds. The molecular formula is C19H28O3. The fourth-order valence-electron chi connectivity index (χ4n) is 3.38. The maximum absolute atomic E-state index is 12.3. The van der Waals surface area contributed by atoms with Crippen LogP contribution >= 0.6 is 0 Å². The molecule has 1 saturated carbocycles. The number of methoxy groups -OCH3 is 1. The third-order valence-corrected chi connectivity index (χ3v) is 4.49. The molecule has 1 fully saturated rings. The SMILES string of the molecule is COCC1(c2ccccc2)CCC(C(=O)OC(C)(C)C)CC1. The maximum atomic E-state index is 12.3. The van der Waals surface area contributed by atoms with Crippen LogP contribution in [0.4, 0.5) is 0 Å². The first-order chi connectivity index (χ1) is 10.4. The fourth-order valence-corrected chi connectivity index (χ4v) is 3.38. The molecule has 22 heavy (non-hydrogen) atoms. The second kappa shape index (κ2) is 6.82. The molecule has 122 valence electrons. The minimum atomic E-state index is -0.405. The summed E-state index contributed by atoms with van der Waals surface area (Å²) >= 11 is 0. The molecule has 2 rings (SSSR count). The average Bonchev–Trinajstić information content (AvgIpc) is 2.47. The molecule has 0 atom stereocenters. The molecule has 0 saturated heterocycles. The Bertz CT molecular complexity index is 479. The van der Waals surface area contributed by atoms with Crippen LogP contribution in [0.3, 0.4) is 0 Å². The summed E-state index contributed by atoms with van der Waals surface area (Å²) in [6, 6.07) is 10.5. The Morgan fingerprint density at radius 3 is 2.27 bits per heavy atom. The van der Waals surface area contributed by atoms with Crippen molar-refractivity contribution >= 4 is 5.97 Å². The van der Waals surface area contributed by atoms with Crippen molar-refractivity contribution in [3.05, 3.63) is 35.9 Å². The topological polar surface area (TPSA) is 35.5 Å². The summed E-state index contributed by atoms with van der Waals surface area (Å²) in [6.45, 7) is 6.48. The molecule has 0 radical (unpaired) electrons. The Hall–Kier alpha value is -1.35. The van der Waals surface area contributed by atoms with Crippen molar-refractivity contribution in [2.45, 2.75) is 57.5 Å². The van der Waals surface area contributed by atoms with E-state index in [-0.39, 0.29) is 17.3 Å². The highest BCUT2D eigenvalue weighted by atomic mass is 16.6. The van der Waals surface area contributed by atoms with Gasteiger partial charge in [-0.2, -0.15) is 0 Å². The number of rotatable bonds is 4. The van der Waals surface area contributed by atoms with E-state index in [9.17, 15) is 4.79 Å². The van der Waals surface area contributed by atoms with Crippen molar-refractivity contribution in [3.8, 4) is 0 Å².